The maximum Gasteiger partial charge on any atom is 0.231 e. The Bertz CT molecular complexity index is 373. The van der Waals surface area contributed by atoms with Gasteiger partial charge in [-0.3, -0.25) is 4.79 Å². The molecule has 0 saturated heterocycles. The number of alkyl halides is 1. The second-order valence-electron chi connectivity index (χ2n) is 3.07. The highest BCUT2D eigenvalue weighted by molar-refractivity contribution is 6.29. The van der Waals surface area contributed by atoms with Gasteiger partial charge in [0.05, 0.1) is 5.92 Å². The largest absolute Gasteiger partial charge is 0.310 e. The molecule has 74 valence electrons. The summed E-state index contributed by atoms with van der Waals surface area (Å²) in [5.41, 5.74) is 0. The topological polar surface area (TPSA) is 54.9 Å². The van der Waals surface area contributed by atoms with Crippen LogP contribution in [0.3, 0.4) is 0 Å². The number of nitrogens with one attached hydrogen (secondary N) is 1. The van der Waals surface area contributed by atoms with Crippen molar-refractivity contribution in [3.8, 4) is 0 Å². The van der Waals surface area contributed by atoms with E-state index in [1.165, 1.54) is 12.4 Å². The van der Waals surface area contributed by atoms with Crippen LogP contribution in [0.25, 0.3) is 0 Å². The zero-order valence-corrected chi connectivity index (χ0v) is 7.83. The minimum atomic E-state index is -1.01. The van der Waals surface area contributed by atoms with Gasteiger partial charge in [0.2, 0.25) is 5.91 Å². The summed E-state index contributed by atoms with van der Waals surface area (Å²) in [6.07, 6.45) is 0.523. The molecule has 4 nitrogen and oxygen atoms in total. The molecule has 0 spiro atoms. The molecular formula is C8H7ClFN3O. The average molecular weight is 216 g/mol. The standard InChI is InChI=1S/C8H7ClFN3O/c9-6-2-7(12-3-11-6)13-8(14)4-1-5(4)10/h2-5H,1H2,(H,11,12,13,14)/t4-,5+/m0/s1. The van der Waals surface area contributed by atoms with Crippen LogP contribution in [0, 0.1) is 5.92 Å². The Labute approximate surface area is 84.5 Å². The molecule has 0 aliphatic heterocycles. The van der Waals surface area contributed by atoms with Gasteiger partial charge in [0.25, 0.3) is 0 Å². The summed E-state index contributed by atoms with van der Waals surface area (Å²) in [5.74, 6) is -0.579. The van der Waals surface area contributed by atoms with Crippen LogP contribution in [-0.2, 0) is 4.79 Å². The van der Waals surface area contributed by atoms with E-state index < -0.39 is 12.1 Å². The minimum absolute atomic E-state index is 0.239. The number of amides is 1. The number of halogens is 2. The third-order valence-electron chi connectivity index (χ3n) is 1.93. The molecule has 2 atom stereocenters. The first-order valence-corrected chi connectivity index (χ1v) is 4.47. The first kappa shape index (κ1) is 9.33. The number of carbonyl (C=O) groups is 1. The van der Waals surface area contributed by atoms with Crippen molar-refractivity contribution in [3.63, 3.8) is 0 Å². The second-order valence-corrected chi connectivity index (χ2v) is 3.46. The Kier molecular flexibility index (Phi) is 2.33. The molecule has 1 aliphatic carbocycles. The molecular weight excluding hydrogens is 209 g/mol. The van der Waals surface area contributed by atoms with E-state index in [9.17, 15) is 9.18 Å². The van der Waals surface area contributed by atoms with Gasteiger partial charge in [0.1, 0.15) is 23.5 Å². The fourth-order valence-corrected chi connectivity index (χ4v) is 1.20. The summed E-state index contributed by atoms with van der Waals surface area (Å²) >= 11 is 5.58. The van der Waals surface area contributed by atoms with E-state index in [-0.39, 0.29) is 11.1 Å². The van der Waals surface area contributed by atoms with Gasteiger partial charge < -0.3 is 5.32 Å². The van der Waals surface area contributed by atoms with Crippen molar-refractivity contribution in [3.05, 3.63) is 17.5 Å². The molecule has 1 aliphatic rings. The van der Waals surface area contributed by atoms with E-state index >= 15 is 0 Å². The molecule has 0 radical (unpaired) electrons. The molecule has 14 heavy (non-hydrogen) atoms. The number of hydrogen-bond donors (Lipinski definition) is 1. The Morgan fingerprint density at radius 1 is 1.64 bits per heavy atom. The van der Waals surface area contributed by atoms with Crippen LogP contribution >= 0.6 is 11.6 Å². The molecule has 0 aromatic carbocycles. The second kappa shape index (κ2) is 3.49. The Balaban J connectivity index is 2.00. The molecule has 1 aromatic rings. The number of aromatic nitrogens is 2. The molecule has 1 heterocycles. The molecule has 6 heteroatoms. The van der Waals surface area contributed by atoms with E-state index in [0.717, 1.165) is 0 Å². The van der Waals surface area contributed by atoms with Gasteiger partial charge in [0.15, 0.2) is 0 Å². The van der Waals surface area contributed by atoms with Gasteiger partial charge in [-0.2, -0.15) is 0 Å². The van der Waals surface area contributed by atoms with Gasteiger partial charge in [-0.25, -0.2) is 14.4 Å². The predicted octanol–water partition coefficient (Wildman–Crippen LogP) is 1.43. The number of rotatable bonds is 2. The quantitative estimate of drug-likeness (QED) is 0.760. The van der Waals surface area contributed by atoms with Crippen molar-refractivity contribution >= 4 is 23.3 Å². The van der Waals surface area contributed by atoms with Gasteiger partial charge in [-0.05, 0) is 6.42 Å². The van der Waals surface area contributed by atoms with E-state index in [4.69, 9.17) is 11.6 Å². The third-order valence-corrected chi connectivity index (χ3v) is 2.14. The van der Waals surface area contributed by atoms with Crippen LogP contribution in [-0.4, -0.2) is 22.0 Å². The minimum Gasteiger partial charge on any atom is -0.310 e. The van der Waals surface area contributed by atoms with Crippen LogP contribution in [0.15, 0.2) is 12.4 Å². The van der Waals surface area contributed by atoms with Crippen LogP contribution in [0.4, 0.5) is 10.2 Å². The third kappa shape index (κ3) is 1.98. The Morgan fingerprint density at radius 2 is 2.36 bits per heavy atom. The molecule has 0 unspecified atom stereocenters. The zero-order valence-electron chi connectivity index (χ0n) is 7.08. The molecule has 1 saturated carbocycles. The van der Waals surface area contributed by atoms with Crippen molar-refractivity contribution in [2.45, 2.75) is 12.6 Å². The number of hydrogen-bond acceptors (Lipinski definition) is 3. The summed E-state index contributed by atoms with van der Waals surface area (Å²) in [7, 11) is 0. The zero-order chi connectivity index (χ0) is 10.1. The lowest BCUT2D eigenvalue weighted by molar-refractivity contribution is -0.117. The Hall–Kier alpha value is -1.23. The monoisotopic (exact) mass is 215 g/mol. The fourth-order valence-electron chi connectivity index (χ4n) is 1.06. The maximum absolute atomic E-state index is 12.5. The van der Waals surface area contributed by atoms with E-state index in [0.29, 0.717) is 12.2 Å². The van der Waals surface area contributed by atoms with E-state index in [2.05, 4.69) is 15.3 Å². The van der Waals surface area contributed by atoms with Crippen LogP contribution in [0.1, 0.15) is 6.42 Å². The van der Waals surface area contributed by atoms with Crippen molar-refractivity contribution < 1.29 is 9.18 Å². The highest BCUT2D eigenvalue weighted by Gasteiger charge is 2.43. The lowest BCUT2D eigenvalue weighted by atomic mass is 10.4. The smallest absolute Gasteiger partial charge is 0.231 e. The summed E-state index contributed by atoms with van der Waals surface area (Å²) < 4.78 is 12.5. The summed E-state index contributed by atoms with van der Waals surface area (Å²) in [4.78, 5) is 18.7. The van der Waals surface area contributed by atoms with Crippen molar-refractivity contribution in [2.24, 2.45) is 5.92 Å². The van der Waals surface area contributed by atoms with Gasteiger partial charge in [-0.15, -0.1) is 0 Å². The normalized spacial score (nSPS) is 24.4. The first-order chi connectivity index (χ1) is 6.66. The summed E-state index contributed by atoms with van der Waals surface area (Å²) in [6, 6.07) is 1.41. The number of anilines is 1. The highest BCUT2D eigenvalue weighted by atomic mass is 35.5. The van der Waals surface area contributed by atoms with Gasteiger partial charge in [0, 0.05) is 6.07 Å². The highest BCUT2D eigenvalue weighted by Crippen LogP contribution is 2.34. The fraction of sp³-hybridized carbons (Fsp3) is 0.375. The van der Waals surface area contributed by atoms with Crippen LogP contribution in [0.2, 0.25) is 5.15 Å². The lowest BCUT2D eigenvalue weighted by Gasteiger charge is -2.01. The lowest BCUT2D eigenvalue weighted by Crippen LogP contribution is -2.15. The van der Waals surface area contributed by atoms with E-state index in [1.54, 1.807) is 0 Å². The maximum atomic E-state index is 12.5. The Morgan fingerprint density at radius 3 is 2.93 bits per heavy atom. The molecule has 0 bridgehead atoms. The molecule has 1 N–H and O–H groups in total. The average Bonchev–Trinajstić information content (AvgIpc) is 2.82. The number of nitrogens with zero attached hydrogens (tertiary/aromatic N) is 2. The molecule has 1 amide bonds. The molecule has 1 aromatic heterocycles. The summed E-state index contributed by atoms with van der Waals surface area (Å²) in [5, 5.41) is 2.70. The molecule has 2 rings (SSSR count). The van der Waals surface area contributed by atoms with E-state index in [1.807, 2.05) is 0 Å². The summed E-state index contributed by atoms with van der Waals surface area (Å²) in [6.45, 7) is 0. The van der Waals surface area contributed by atoms with Gasteiger partial charge >= 0.3 is 0 Å². The SMILES string of the molecule is O=C(Nc1cc(Cl)ncn1)[C@H]1C[C@H]1F. The van der Waals surface area contributed by atoms with Gasteiger partial charge in [-0.1, -0.05) is 11.6 Å². The van der Waals surface area contributed by atoms with Crippen molar-refractivity contribution in [2.75, 3.05) is 5.32 Å². The molecule has 1 fully saturated rings. The predicted molar refractivity (Wildman–Crippen MR) is 48.7 cm³/mol. The first-order valence-electron chi connectivity index (χ1n) is 4.09. The van der Waals surface area contributed by atoms with Crippen LogP contribution < -0.4 is 5.32 Å². The van der Waals surface area contributed by atoms with Crippen molar-refractivity contribution in [1.29, 1.82) is 0 Å². The van der Waals surface area contributed by atoms with Crippen LogP contribution in [0.5, 0.6) is 0 Å². The number of carbonyl (C=O) groups excluding carboxylic acids is 1. The van der Waals surface area contributed by atoms with Crippen molar-refractivity contribution in [1.82, 2.24) is 9.97 Å².